The Bertz CT molecular complexity index is 951. The number of rotatable bonds is 8. The second kappa shape index (κ2) is 8.49. The zero-order chi connectivity index (χ0) is 19.4. The summed E-state index contributed by atoms with van der Waals surface area (Å²) in [6.07, 6.45) is 0.818. The Hall–Kier alpha value is -2.45. The van der Waals surface area contributed by atoms with Gasteiger partial charge in [0.1, 0.15) is 22.2 Å². The highest BCUT2D eigenvalue weighted by atomic mass is 32.1. The molecule has 0 fully saturated rings. The summed E-state index contributed by atoms with van der Waals surface area (Å²) in [6, 6.07) is 6.37. The van der Waals surface area contributed by atoms with Crippen molar-refractivity contribution in [3.63, 3.8) is 0 Å². The molecule has 27 heavy (non-hydrogen) atoms. The van der Waals surface area contributed by atoms with Crippen LogP contribution in [0.4, 0.5) is 10.2 Å². The van der Waals surface area contributed by atoms with Crippen LogP contribution in [-0.4, -0.2) is 42.1 Å². The van der Waals surface area contributed by atoms with Gasteiger partial charge in [0, 0.05) is 38.1 Å². The van der Waals surface area contributed by atoms with E-state index in [1.165, 1.54) is 23.5 Å². The number of benzene rings is 1. The Morgan fingerprint density at radius 1 is 1.41 bits per heavy atom. The number of anilines is 1. The van der Waals surface area contributed by atoms with Crippen molar-refractivity contribution in [2.45, 2.75) is 20.3 Å². The molecule has 0 saturated carbocycles. The summed E-state index contributed by atoms with van der Waals surface area (Å²) in [5.74, 6) is 0.341. The molecule has 0 aliphatic rings. The molecular formula is C19H23FN4O2S. The molecule has 0 radical (unpaired) electrons. The van der Waals surface area contributed by atoms with Crippen molar-refractivity contribution in [2.24, 2.45) is 0 Å². The zero-order valence-corrected chi connectivity index (χ0v) is 16.5. The minimum absolute atomic E-state index is 0.108. The fourth-order valence-corrected chi connectivity index (χ4v) is 3.96. The molecule has 1 amide bonds. The van der Waals surface area contributed by atoms with Crippen molar-refractivity contribution in [2.75, 3.05) is 32.1 Å². The average Bonchev–Trinajstić information content (AvgIpc) is 3.16. The first-order valence-electron chi connectivity index (χ1n) is 8.85. The van der Waals surface area contributed by atoms with Crippen LogP contribution < -0.4 is 10.6 Å². The number of thiazole rings is 1. The van der Waals surface area contributed by atoms with Crippen LogP contribution >= 0.6 is 11.3 Å². The summed E-state index contributed by atoms with van der Waals surface area (Å²) in [6.45, 7) is 5.66. The van der Waals surface area contributed by atoms with Crippen LogP contribution in [0.5, 0.6) is 0 Å². The molecule has 0 spiro atoms. The summed E-state index contributed by atoms with van der Waals surface area (Å²) < 4.78 is 20.8. The first kappa shape index (κ1) is 19.3. The predicted octanol–water partition coefficient (Wildman–Crippen LogP) is 3.71. The molecule has 0 unspecified atom stereocenters. The number of halogens is 1. The highest BCUT2D eigenvalue weighted by Gasteiger charge is 2.22. The lowest BCUT2D eigenvalue weighted by Gasteiger charge is -2.10. The van der Waals surface area contributed by atoms with E-state index in [4.69, 9.17) is 4.74 Å². The number of nitrogens with zero attached hydrogens (tertiary/aromatic N) is 2. The van der Waals surface area contributed by atoms with Gasteiger partial charge in [-0.05, 0) is 32.4 Å². The van der Waals surface area contributed by atoms with E-state index < -0.39 is 0 Å². The number of fused-ring (bicyclic) bond motifs is 1. The number of hydrogen-bond acceptors (Lipinski definition) is 5. The van der Waals surface area contributed by atoms with Gasteiger partial charge in [0.2, 0.25) is 0 Å². The fraction of sp³-hybridized carbons (Fsp3) is 0.368. The Morgan fingerprint density at radius 2 is 2.22 bits per heavy atom. The lowest BCUT2D eigenvalue weighted by Crippen LogP contribution is -2.22. The number of amides is 1. The number of aromatic nitrogens is 2. The summed E-state index contributed by atoms with van der Waals surface area (Å²) in [4.78, 5) is 18.3. The van der Waals surface area contributed by atoms with Crippen LogP contribution in [0, 0.1) is 12.7 Å². The topological polar surface area (TPSA) is 67.7 Å². The molecule has 3 aromatic rings. The smallest absolute Gasteiger partial charge is 0.263 e. The fourth-order valence-electron chi connectivity index (χ4n) is 2.92. The van der Waals surface area contributed by atoms with Crippen molar-refractivity contribution < 1.29 is 13.9 Å². The highest BCUT2D eigenvalue weighted by Crippen LogP contribution is 2.34. The van der Waals surface area contributed by atoms with Gasteiger partial charge < -0.3 is 15.4 Å². The summed E-state index contributed by atoms with van der Waals surface area (Å²) in [7, 11) is 1.66. The monoisotopic (exact) mass is 390 g/mol. The van der Waals surface area contributed by atoms with Crippen LogP contribution in [0.3, 0.4) is 0 Å². The number of carbonyl (C=O) groups is 1. The van der Waals surface area contributed by atoms with Gasteiger partial charge in [0.25, 0.3) is 5.91 Å². The largest absolute Gasteiger partial charge is 0.385 e. The highest BCUT2D eigenvalue weighted by molar-refractivity contribution is 7.19. The predicted molar refractivity (Wildman–Crippen MR) is 106 cm³/mol. The Balaban J connectivity index is 2.07. The summed E-state index contributed by atoms with van der Waals surface area (Å²) in [5, 5.41) is 6.22. The lowest BCUT2D eigenvalue weighted by molar-refractivity contribution is 0.0959. The first-order chi connectivity index (χ1) is 13.1. The number of imidazole rings is 1. The molecular weight excluding hydrogens is 367 g/mol. The van der Waals surface area contributed by atoms with E-state index in [9.17, 15) is 9.18 Å². The van der Waals surface area contributed by atoms with Crippen LogP contribution in [0.2, 0.25) is 0 Å². The van der Waals surface area contributed by atoms with Crippen molar-refractivity contribution in [1.82, 2.24) is 14.7 Å². The molecule has 2 aromatic heterocycles. The van der Waals surface area contributed by atoms with Gasteiger partial charge >= 0.3 is 0 Å². The van der Waals surface area contributed by atoms with E-state index in [-0.39, 0.29) is 11.7 Å². The van der Waals surface area contributed by atoms with Crippen LogP contribution in [0.1, 0.15) is 28.7 Å². The molecule has 0 saturated heterocycles. The maximum atomic E-state index is 13.7. The maximum Gasteiger partial charge on any atom is 0.263 e. The number of methoxy groups -OCH3 is 1. The van der Waals surface area contributed by atoms with E-state index in [1.54, 1.807) is 13.2 Å². The maximum absolute atomic E-state index is 13.7. The second-order valence-corrected chi connectivity index (χ2v) is 7.06. The van der Waals surface area contributed by atoms with Gasteiger partial charge in [-0.25, -0.2) is 9.37 Å². The standard InChI is InChI=1S/C19H23FN4O2S/c1-4-21-18(25)16-12(2)24-17(22-9-6-10-26-3)15(23-19(24)27-16)13-7-5-8-14(20)11-13/h5,7-8,11,22H,4,6,9-10H2,1-3H3,(H,21,25). The van der Waals surface area contributed by atoms with Crippen LogP contribution in [-0.2, 0) is 4.74 Å². The summed E-state index contributed by atoms with van der Waals surface area (Å²) in [5.41, 5.74) is 2.17. The molecule has 1 aromatic carbocycles. The van der Waals surface area contributed by atoms with Crippen molar-refractivity contribution in [3.8, 4) is 11.3 Å². The minimum atomic E-state index is -0.311. The van der Waals surface area contributed by atoms with E-state index in [2.05, 4.69) is 15.6 Å². The zero-order valence-electron chi connectivity index (χ0n) is 15.6. The molecule has 2 N–H and O–H groups in total. The van der Waals surface area contributed by atoms with Gasteiger partial charge in [-0.15, -0.1) is 0 Å². The molecule has 0 aliphatic carbocycles. The van der Waals surface area contributed by atoms with Gasteiger partial charge in [0.05, 0.1) is 0 Å². The first-order valence-corrected chi connectivity index (χ1v) is 9.67. The third kappa shape index (κ3) is 3.96. The Labute approximate surface area is 161 Å². The molecule has 8 heteroatoms. The SMILES string of the molecule is CCNC(=O)c1sc2nc(-c3cccc(F)c3)c(NCCCOC)n2c1C. The number of carbonyl (C=O) groups excluding carboxylic acids is 1. The number of hydrogen-bond donors (Lipinski definition) is 2. The number of aryl methyl sites for hydroxylation is 1. The Kier molecular flexibility index (Phi) is 6.08. The minimum Gasteiger partial charge on any atom is -0.385 e. The number of ether oxygens (including phenoxy) is 1. The van der Waals surface area contributed by atoms with E-state index in [0.717, 1.165) is 17.9 Å². The van der Waals surface area contributed by atoms with E-state index >= 15 is 0 Å². The lowest BCUT2D eigenvalue weighted by atomic mass is 10.1. The molecule has 6 nitrogen and oxygen atoms in total. The van der Waals surface area contributed by atoms with E-state index in [1.807, 2.05) is 24.3 Å². The molecule has 3 rings (SSSR count). The van der Waals surface area contributed by atoms with Gasteiger partial charge in [-0.1, -0.05) is 23.5 Å². The van der Waals surface area contributed by atoms with Crippen molar-refractivity contribution >= 4 is 28.0 Å². The molecule has 144 valence electrons. The van der Waals surface area contributed by atoms with Gasteiger partial charge in [0.15, 0.2) is 4.96 Å². The van der Waals surface area contributed by atoms with Crippen molar-refractivity contribution in [1.29, 1.82) is 0 Å². The normalized spacial score (nSPS) is 11.1. The Morgan fingerprint density at radius 3 is 2.93 bits per heavy atom. The summed E-state index contributed by atoms with van der Waals surface area (Å²) >= 11 is 1.33. The number of nitrogens with one attached hydrogen (secondary N) is 2. The second-order valence-electron chi connectivity index (χ2n) is 6.09. The van der Waals surface area contributed by atoms with Gasteiger partial charge in [-0.2, -0.15) is 0 Å². The molecule has 2 heterocycles. The molecule has 0 aliphatic heterocycles. The van der Waals surface area contributed by atoms with E-state index in [0.29, 0.717) is 40.8 Å². The third-order valence-electron chi connectivity index (χ3n) is 4.16. The van der Waals surface area contributed by atoms with Crippen LogP contribution in [0.25, 0.3) is 16.2 Å². The molecule has 0 bridgehead atoms. The third-order valence-corrected chi connectivity index (χ3v) is 5.30. The average molecular weight is 390 g/mol. The quantitative estimate of drug-likeness (QED) is 0.576. The molecule has 0 atom stereocenters. The van der Waals surface area contributed by atoms with Crippen LogP contribution in [0.15, 0.2) is 24.3 Å². The van der Waals surface area contributed by atoms with Gasteiger partial charge in [-0.3, -0.25) is 9.20 Å². The van der Waals surface area contributed by atoms with Crippen molar-refractivity contribution in [3.05, 3.63) is 40.7 Å².